The molecular weight excluding hydrogens is 421 g/mol. The largest absolute Gasteiger partial charge is 0.350 e. The van der Waals surface area contributed by atoms with Crippen molar-refractivity contribution in [3.05, 3.63) is 30.1 Å². The van der Waals surface area contributed by atoms with Gasteiger partial charge in [-0.3, -0.25) is 14.7 Å². The molecule has 2 N–H and O–H groups in total. The molecular formula is C22H37Cl2N5O. The molecule has 0 bridgehead atoms. The van der Waals surface area contributed by atoms with Crippen LogP contribution < -0.4 is 10.6 Å². The van der Waals surface area contributed by atoms with Gasteiger partial charge >= 0.3 is 0 Å². The normalized spacial score (nSPS) is 24.5. The first kappa shape index (κ1) is 25.3. The Kier molecular flexibility index (Phi) is 10.8. The van der Waals surface area contributed by atoms with Gasteiger partial charge in [-0.15, -0.1) is 24.8 Å². The van der Waals surface area contributed by atoms with Crippen molar-refractivity contribution in [2.75, 3.05) is 39.3 Å². The van der Waals surface area contributed by atoms with E-state index < -0.39 is 0 Å². The minimum absolute atomic E-state index is 0. The molecule has 4 rings (SSSR count). The minimum atomic E-state index is 0. The van der Waals surface area contributed by atoms with E-state index in [4.69, 9.17) is 0 Å². The quantitative estimate of drug-likeness (QED) is 0.710. The van der Waals surface area contributed by atoms with Crippen LogP contribution in [0, 0.1) is 5.92 Å². The van der Waals surface area contributed by atoms with Crippen molar-refractivity contribution in [2.45, 2.75) is 57.2 Å². The minimum Gasteiger partial charge on any atom is -0.350 e. The summed E-state index contributed by atoms with van der Waals surface area (Å²) in [7, 11) is 0. The first-order valence-corrected chi connectivity index (χ1v) is 11.2. The predicted octanol–water partition coefficient (Wildman–Crippen LogP) is 2.47. The van der Waals surface area contributed by atoms with Crippen molar-refractivity contribution in [3.8, 4) is 0 Å². The Morgan fingerprint density at radius 2 is 1.70 bits per heavy atom. The topological polar surface area (TPSA) is 60.5 Å². The Hall–Kier alpha value is -0.920. The third-order valence-electron chi connectivity index (χ3n) is 6.87. The van der Waals surface area contributed by atoms with Gasteiger partial charge in [0.25, 0.3) is 0 Å². The number of piperidine rings is 3. The van der Waals surface area contributed by atoms with Gasteiger partial charge in [0, 0.05) is 30.7 Å². The Morgan fingerprint density at radius 3 is 2.33 bits per heavy atom. The average molecular weight is 458 g/mol. The van der Waals surface area contributed by atoms with Gasteiger partial charge in [0.2, 0.25) is 5.91 Å². The number of halogens is 2. The standard InChI is InChI=1S/C22H35N5O.2ClH/c28-22(25-16-19-4-1-2-11-24-19)18-6-12-26(13-7-18)20-8-14-27(15-9-20)21-5-3-10-23-17-21;;/h1-2,4,11,18,20-21,23H,3,5-10,12-17H2,(H,25,28);2*1H. The first-order valence-electron chi connectivity index (χ1n) is 11.2. The molecule has 170 valence electrons. The molecule has 3 saturated heterocycles. The van der Waals surface area contributed by atoms with Gasteiger partial charge in [0.15, 0.2) is 0 Å². The van der Waals surface area contributed by atoms with Crippen LogP contribution in [0.4, 0.5) is 0 Å². The molecule has 0 radical (unpaired) electrons. The summed E-state index contributed by atoms with van der Waals surface area (Å²) in [6.07, 6.45) is 8.99. The number of hydrogen-bond donors (Lipinski definition) is 2. The van der Waals surface area contributed by atoms with E-state index in [0.29, 0.717) is 12.6 Å². The first-order chi connectivity index (χ1) is 13.8. The highest BCUT2D eigenvalue weighted by Gasteiger charge is 2.32. The van der Waals surface area contributed by atoms with E-state index in [1.165, 1.54) is 51.9 Å². The number of rotatable bonds is 5. The fraction of sp³-hybridized carbons (Fsp3) is 0.727. The summed E-state index contributed by atoms with van der Waals surface area (Å²) in [6.45, 7) is 7.51. The zero-order valence-electron chi connectivity index (χ0n) is 17.8. The molecule has 4 heterocycles. The Morgan fingerprint density at radius 1 is 1.00 bits per heavy atom. The van der Waals surface area contributed by atoms with Crippen LogP contribution >= 0.6 is 24.8 Å². The van der Waals surface area contributed by atoms with Gasteiger partial charge in [-0.2, -0.15) is 0 Å². The molecule has 3 aliphatic heterocycles. The zero-order chi connectivity index (χ0) is 19.2. The average Bonchev–Trinajstić information content (AvgIpc) is 2.79. The highest BCUT2D eigenvalue weighted by Crippen LogP contribution is 2.25. The summed E-state index contributed by atoms with van der Waals surface area (Å²) in [5.41, 5.74) is 0.924. The lowest BCUT2D eigenvalue weighted by Gasteiger charge is -2.44. The lowest BCUT2D eigenvalue weighted by Crippen LogP contribution is -2.53. The van der Waals surface area contributed by atoms with Crippen LogP contribution in [0.1, 0.15) is 44.2 Å². The second-order valence-corrected chi connectivity index (χ2v) is 8.62. The van der Waals surface area contributed by atoms with Gasteiger partial charge in [-0.05, 0) is 83.4 Å². The third kappa shape index (κ3) is 6.79. The maximum atomic E-state index is 12.5. The lowest BCUT2D eigenvalue weighted by molar-refractivity contribution is -0.126. The molecule has 6 nitrogen and oxygen atoms in total. The Labute approximate surface area is 193 Å². The van der Waals surface area contributed by atoms with E-state index in [-0.39, 0.29) is 36.6 Å². The second kappa shape index (κ2) is 12.8. The fourth-order valence-electron chi connectivity index (χ4n) is 5.11. The van der Waals surface area contributed by atoms with Gasteiger partial charge in [0.05, 0.1) is 12.2 Å². The highest BCUT2D eigenvalue weighted by atomic mass is 35.5. The smallest absolute Gasteiger partial charge is 0.223 e. The third-order valence-corrected chi connectivity index (χ3v) is 6.87. The second-order valence-electron chi connectivity index (χ2n) is 8.62. The predicted molar refractivity (Wildman–Crippen MR) is 125 cm³/mol. The van der Waals surface area contributed by atoms with Crippen molar-refractivity contribution in [1.82, 2.24) is 25.4 Å². The van der Waals surface area contributed by atoms with Gasteiger partial charge in [-0.25, -0.2) is 0 Å². The molecule has 1 aromatic rings. The van der Waals surface area contributed by atoms with Crippen molar-refractivity contribution < 1.29 is 4.79 Å². The molecule has 0 aromatic carbocycles. The molecule has 0 spiro atoms. The van der Waals surface area contributed by atoms with E-state index in [1.54, 1.807) is 6.20 Å². The number of aromatic nitrogens is 1. The number of likely N-dealkylation sites (tertiary alicyclic amines) is 2. The molecule has 1 amide bonds. The molecule has 1 unspecified atom stereocenters. The molecule has 8 heteroatoms. The summed E-state index contributed by atoms with van der Waals surface area (Å²) in [6, 6.07) is 7.28. The van der Waals surface area contributed by atoms with Crippen LogP contribution in [0.2, 0.25) is 0 Å². The van der Waals surface area contributed by atoms with E-state index in [1.807, 2.05) is 18.2 Å². The van der Waals surface area contributed by atoms with Crippen LogP contribution in [0.25, 0.3) is 0 Å². The summed E-state index contributed by atoms with van der Waals surface area (Å²) in [5.74, 6) is 0.360. The van der Waals surface area contributed by atoms with E-state index >= 15 is 0 Å². The fourth-order valence-corrected chi connectivity index (χ4v) is 5.11. The molecule has 0 aliphatic carbocycles. The number of carbonyl (C=O) groups excluding carboxylic acids is 1. The van der Waals surface area contributed by atoms with Gasteiger partial charge in [0.1, 0.15) is 0 Å². The van der Waals surface area contributed by atoms with E-state index in [2.05, 4.69) is 25.4 Å². The summed E-state index contributed by atoms with van der Waals surface area (Å²) < 4.78 is 0. The van der Waals surface area contributed by atoms with Crippen molar-refractivity contribution in [3.63, 3.8) is 0 Å². The molecule has 3 fully saturated rings. The molecule has 1 aromatic heterocycles. The molecule has 30 heavy (non-hydrogen) atoms. The van der Waals surface area contributed by atoms with Gasteiger partial charge < -0.3 is 15.5 Å². The monoisotopic (exact) mass is 457 g/mol. The highest BCUT2D eigenvalue weighted by molar-refractivity contribution is 5.85. The molecule has 0 saturated carbocycles. The Balaban J connectivity index is 0.00000160. The van der Waals surface area contributed by atoms with E-state index in [0.717, 1.165) is 37.7 Å². The van der Waals surface area contributed by atoms with Gasteiger partial charge in [-0.1, -0.05) is 6.07 Å². The molecule has 1 atom stereocenters. The van der Waals surface area contributed by atoms with Crippen molar-refractivity contribution in [1.29, 1.82) is 0 Å². The summed E-state index contributed by atoms with van der Waals surface area (Å²) in [4.78, 5) is 22.1. The number of nitrogens with zero attached hydrogens (tertiary/aromatic N) is 3. The number of carbonyl (C=O) groups is 1. The van der Waals surface area contributed by atoms with Crippen LogP contribution in [-0.2, 0) is 11.3 Å². The van der Waals surface area contributed by atoms with Crippen LogP contribution in [0.5, 0.6) is 0 Å². The molecule has 3 aliphatic rings. The van der Waals surface area contributed by atoms with Crippen molar-refractivity contribution in [2.24, 2.45) is 5.92 Å². The number of pyridine rings is 1. The SMILES string of the molecule is Cl.Cl.O=C(NCc1ccccn1)C1CCN(C2CCN(C3CCCNC3)CC2)CC1. The number of nitrogens with one attached hydrogen (secondary N) is 2. The van der Waals surface area contributed by atoms with Crippen molar-refractivity contribution >= 4 is 30.7 Å². The van der Waals surface area contributed by atoms with E-state index in [9.17, 15) is 4.79 Å². The van der Waals surface area contributed by atoms with Crippen LogP contribution in [-0.4, -0.2) is 72.0 Å². The maximum absolute atomic E-state index is 12.5. The summed E-state index contributed by atoms with van der Waals surface area (Å²) >= 11 is 0. The zero-order valence-corrected chi connectivity index (χ0v) is 19.4. The summed E-state index contributed by atoms with van der Waals surface area (Å²) in [5, 5.41) is 6.62. The van der Waals surface area contributed by atoms with Crippen LogP contribution in [0.3, 0.4) is 0 Å². The lowest BCUT2D eigenvalue weighted by atomic mass is 9.92. The number of hydrogen-bond acceptors (Lipinski definition) is 5. The van der Waals surface area contributed by atoms with Crippen LogP contribution in [0.15, 0.2) is 24.4 Å². The number of amides is 1. The maximum Gasteiger partial charge on any atom is 0.223 e. The Bertz CT molecular complexity index is 613.